The van der Waals surface area contributed by atoms with Crippen LogP contribution in [0.3, 0.4) is 0 Å². The second-order valence-electron chi connectivity index (χ2n) is 7.30. The molecule has 136 valence electrons. The number of nitrogens with one attached hydrogen (secondary N) is 2. The van der Waals surface area contributed by atoms with Crippen LogP contribution >= 0.6 is 11.6 Å². The molecule has 6 heteroatoms. The standard InChI is InChI=1S/C19H27ClN4O/c1-14-16(11-22-23-14)10-21-12-18(15-4-6-17(20)7-5-15)24-8-9-25-19(2,3)13-24/h4-7,11,18,21H,8-10,12-13H2,1-3H3,(H,22,23). The van der Waals surface area contributed by atoms with Gasteiger partial charge in [0.05, 0.1) is 18.4 Å². The van der Waals surface area contributed by atoms with Crippen molar-refractivity contribution in [2.45, 2.75) is 39.0 Å². The third kappa shape index (κ3) is 4.82. The Morgan fingerprint density at radius 3 is 2.76 bits per heavy atom. The van der Waals surface area contributed by atoms with Crippen molar-refractivity contribution in [3.63, 3.8) is 0 Å². The molecule has 0 saturated carbocycles. The lowest BCUT2D eigenvalue weighted by atomic mass is 10.0. The Morgan fingerprint density at radius 2 is 2.12 bits per heavy atom. The third-order valence-corrected chi connectivity index (χ3v) is 4.99. The zero-order valence-electron chi connectivity index (χ0n) is 15.2. The minimum atomic E-state index is -0.121. The van der Waals surface area contributed by atoms with Gasteiger partial charge in [-0.3, -0.25) is 10.00 Å². The first-order valence-corrected chi connectivity index (χ1v) is 9.15. The highest BCUT2D eigenvalue weighted by molar-refractivity contribution is 6.30. The average molecular weight is 363 g/mol. The number of benzene rings is 1. The summed E-state index contributed by atoms with van der Waals surface area (Å²) < 4.78 is 5.88. The van der Waals surface area contributed by atoms with E-state index < -0.39 is 0 Å². The maximum atomic E-state index is 6.08. The van der Waals surface area contributed by atoms with Gasteiger partial charge < -0.3 is 10.1 Å². The molecule has 1 aliphatic heterocycles. The molecule has 2 heterocycles. The van der Waals surface area contributed by atoms with Crippen LogP contribution in [-0.2, 0) is 11.3 Å². The van der Waals surface area contributed by atoms with Crippen molar-refractivity contribution in [1.82, 2.24) is 20.4 Å². The molecule has 0 amide bonds. The number of aromatic nitrogens is 2. The SMILES string of the molecule is Cc1[nH]ncc1CNCC(c1ccc(Cl)cc1)N1CCOC(C)(C)C1. The minimum absolute atomic E-state index is 0.121. The lowest BCUT2D eigenvalue weighted by Crippen LogP contribution is -2.51. The van der Waals surface area contributed by atoms with Crippen molar-refractivity contribution >= 4 is 11.6 Å². The summed E-state index contributed by atoms with van der Waals surface area (Å²) >= 11 is 6.08. The number of morpholine rings is 1. The van der Waals surface area contributed by atoms with Crippen LogP contribution in [0.5, 0.6) is 0 Å². The highest BCUT2D eigenvalue weighted by Gasteiger charge is 2.31. The molecule has 1 fully saturated rings. The number of nitrogens with zero attached hydrogens (tertiary/aromatic N) is 2. The van der Waals surface area contributed by atoms with E-state index in [9.17, 15) is 0 Å². The Balaban J connectivity index is 1.72. The predicted octanol–water partition coefficient (Wildman–Crippen LogP) is 3.31. The second kappa shape index (κ2) is 7.87. The molecule has 1 unspecified atom stereocenters. The molecular formula is C19H27ClN4O. The van der Waals surface area contributed by atoms with E-state index in [1.807, 2.05) is 25.3 Å². The van der Waals surface area contributed by atoms with Gasteiger partial charge in [0.25, 0.3) is 0 Å². The summed E-state index contributed by atoms with van der Waals surface area (Å²) in [6, 6.07) is 8.47. The van der Waals surface area contributed by atoms with Crippen molar-refractivity contribution in [3.8, 4) is 0 Å². The number of ether oxygens (including phenoxy) is 1. The number of aryl methyl sites for hydroxylation is 1. The van der Waals surface area contributed by atoms with Gasteiger partial charge in [0.15, 0.2) is 0 Å². The summed E-state index contributed by atoms with van der Waals surface area (Å²) in [5.41, 5.74) is 3.48. The van der Waals surface area contributed by atoms with Crippen LogP contribution in [0, 0.1) is 6.92 Å². The van der Waals surface area contributed by atoms with Gasteiger partial charge in [0, 0.05) is 48.5 Å². The largest absolute Gasteiger partial charge is 0.373 e. The number of hydrogen-bond acceptors (Lipinski definition) is 4. The fraction of sp³-hybridized carbons (Fsp3) is 0.526. The normalized spacial score (nSPS) is 19.0. The quantitative estimate of drug-likeness (QED) is 0.827. The summed E-state index contributed by atoms with van der Waals surface area (Å²) in [6.45, 7) is 10.6. The maximum Gasteiger partial charge on any atom is 0.0753 e. The van der Waals surface area contributed by atoms with Crippen molar-refractivity contribution in [2.24, 2.45) is 0 Å². The van der Waals surface area contributed by atoms with Gasteiger partial charge in [-0.05, 0) is 38.5 Å². The van der Waals surface area contributed by atoms with Crippen molar-refractivity contribution < 1.29 is 4.74 Å². The van der Waals surface area contributed by atoms with E-state index in [1.54, 1.807) is 0 Å². The van der Waals surface area contributed by atoms with Crippen LogP contribution < -0.4 is 5.32 Å². The monoisotopic (exact) mass is 362 g/mol. The Morgan fingerprint density at radius 1 is 1.36 bits per heavy atom. The molecule has 0 aliphatic carbocycles. The molecule has 5 nitrogen and oxygen atoms in total. The molecule has 1 aliphatic rings. The zero-order chi connectivity index (χ0) is 17.9. The van der Waals surface area contributed by atoms with E-state index in [0.29, 0.717) is 0 Å². The molecule has 1 aromatic heterocycles. The van der Waals surface area contributed by atoms with Crippen LogP contribution in [0.2, 0.25) is 5.02 Å². The number of halogens is 1. The highest BCUT2D eigenvalue weighted by atomic mass is 35.5. The van der Waals surface area contributed by atoms with Crippen LogP contribution in [-0.4, -0.2) is 46.9 Å². The van der Waals surface area contributed by atoms with Gasteiger partial charge in [-0.15, -0.1) is 0 Å². The summed E-state index contributed by atoms with van der Waals surface area (Å²) in [4.78, 5) is 2.50. The number of rotatable bonds is 6. The van der Waals surface area contributed by atoms with Gasteiger partial charge in [-0.2, -0.15) is 5.10 Å². The number of aromatic amines is 1. The maximum absolute atomic E-state index is 6.08. The predicted molar refractivity (Wildman–Crippen MR) is 101 cm³/mol. The second-order valence-corrected chi connectivity index (χ2v) is 7.73. The van der Waals surface area contributed by atoms with E-state index in [-0.39, 0.29) is 11.6 Å². The summed E-state index contributed by atoms with van der Waals surface area (Å²) in [5, 5.41) is 11.4. The minimum Gasteiger partial charge on any atom is -0.373 e. The summed E-state index contributed by atoms with van der Waals surface area (Å²) in [6.07, 6.45) is 1.89. The van der Waals surface area contributed by atoms with E-state index >= 15 is 0 Å². The molecule has 2 aromatic rings. The molecule has 2 N–H and O–H groups in total. The van der Waals surface area contributed by atoms with Gasteiger partial charge >= 0.3 is 0 Å². The average Bonchev–Trinajstić information content (AvgIpc) is 2.97. The molecule has 0 spiro atoms. The Kier molecular flexibility index (Phi) is 5.79. The first kappa shape index (κ1) is 18.4. The Bertz CT molecular complexity index is 683. The van der Waals surface area contributed by atoms with Crippen molar-refractivity contribution in [1.29, 1.82) is 0 Å². The van der Waals surface area contributed by atoms with Gasteiger partial charge in [-0.25, -0.2) is 0 Å². The number of hydrogen-bond donors (Lipinski definition) is 2. The summed E-state index contributed by atoms with van der Waals surface area (Å²) in [5.74, 6) is 0. The van der Waals surface area contributed by atoms with Crippen LogP contribution in [0.1, 0.15) is 36.7 Å². The van der Waals surface area contributed by atoms with E-state index in [1.165, 1.54) is 11.1 Å². The van der Waals surface area contributed by atoms with Crippen LogP contribution in [0.15, 0.2) is 30.5 Å². The van der Waals surface area contributed by atoms with Gasteiger partial charge in [0.2, 0.25) is 0 Å². The Hall–Kier alpha value is -1.40. The van der Waals surface area contributed by atoms with E-state index in [2.05, 4.69) is 46.4 Å². The first-order valence-electron chi connectivity index (χ1n) is 8.78. The Labute approximate surface area is 154 Å². The smallest absolute Gasteiger partial charge is 0.0753 e. The molecular weight excluding hydrogens is 336 g/mol. The molecule has 1 atom stereocenters. The van der Waals surface area contributed by atoms with Gasteiger partial charge in [0.1, 0.15) is 0 Å². The van der Waals surface area contributed by atoms with Crippen molar-refractivity contribution in [2.75, 3.05) is 26.2 Å². The van der Waals surface area contributed by atoms with Gasteiger partial charge in [-0.1, -0.05) is 23.7 Å². The summed E-state index contributed by atoms with van der Waals surface area (Å²) in [7, 11) is 0. The van der Waals surface area contributed by atoms with Crippen molar-refractivity contribution in [3.05, 3.63) is 52.3 Å². The lowest BCUT2D eigenvalue weighted by Gasteiger charge is -2.42. The van der Waals surface area contributed by atoms with E-state index in [0.717, 1.165) is 43.5 Å². The zero-order valence-corrected chi connectivity index (χ0v) is 15.9. The lowest BCUT2D eigenvalue weighted by molar-refractivity contribution is -0.0974. The van der Waals surface area contributed by atoms with Crippen LogP contribution in [0.25, 0.3) is 0 Å². The van der Waals surface area contributed by atoms with Crippen LogP contribution in [0.4, 0.5) is 0 Å². The number of H-pyrrole nitrogens is 1. The first-order chi connectivity index (χ1) is 11.9. The highest BCUT2D eigenvalue weighted by Crippen LogP contribution is 2.27. The van der Waals surface area contributed by atoms with E-state index in [4.69, 9.17) is 16.3 Å². The fourth-order valence-corrected chi connectivity index (χ4v) is 3.49. The molecule has 0 bridgehead atoms. The molecule has 0 radical (unpaired) electrons. The molecule has 25 heavy (non-hydrogen) atoms. The molecule has 3 rings (SSSR count). The molecule has 1 saturated heterocycles. The third-order valence-electron chi connectivity index (χ3n) is 4.74. The fourth-order valence-electron chi connectivity index (χ4n) is 3.36. The molecule has 1 aromatic carbocycles. The topological polar surface area (TPSA) is 53.2 Å².